The lowest BCUT2D eigenvalue weighted by Crippen LogP contribution is -2.31. The molecule has 1 aromatic rings. The molecule has 1 aromatic carbocycles. The second kappa shape index (κ2) is 8.43. The molecule has 0 aliphatic carbocycles. The highest BCUT2D eigenvalue weighted by Gasteiger charge is 2.19. The Hall–Kier alpha value is -2.02. The van der Waals surface area contributed by atoms with E-state index in [1.54, 1.807) is 24.3 Å². The molecule has 0 unspecified atom stereocenters. The van der Waals surface area contributed by atoms with Crippen LogP contribution in [0.4, 0.5) is 0 Å². The van der Waals surface area contributed by atoms with Crippen molar-refractivity contribution in [3.63, 3.8) is 0 Å². The Morgan fingerprint density at radius 2 is 1.86 bits per heavy atom. The third-order valence-electron chi connectivity index (χ3n) is 2.60. The molecule has 2 amide bonds. The molecule has 0 heterocycles. The Bertz CT molecular complexity index is 560. The number of esters is 1. The molecule has 7 heteroatoms. The number of nitrogens with one attached hydrogen (secondary N) is 1. The molecule has 0 fully saturated rings. The third-order valence-corrected chi connectivity index (χ3v) is 3.67. The quantitative estimate of drug-likeness (QED) is 0.582. The summed E-state index contributed by atoms with van der Waals surface area (Å²) < 4.78 is 4.98. The van der Waals surface area contributed by atoms with Crippen molar-refractivity contribution < 1.29 is 19.1 Å². The first-order chi connectivity index (χ1) is 10.3. The lowest BCUT2D eigenvalue weighted by atomic mass is 10.2. The second-order valence-corrected chi connectivity index (χ2v) is 5.97. The van der Waals surface area contributed by atoms with Gasteiger partial charge in [-0.2, -0.15) is 0 Å². The number of rotatable bonds is 7. The van der Waals surface area contributed by atoms with E-state index in [1.807, 2.05) is 13.8 Å². The summed E-state index contributed by atoms with van der Waals surface area (Å²) in [6, 6.07) is 6.81. The van der Waals surface area contributed by atoms with Crippen molar-refractivity contribution >= 4 is 29.5 Å². The number of carbonyl (C=O) groups is 3. The van der Waals surface area contributed by atoms with Crippen molar-refractivity contribution in [3.8, 4) is 0 Å². The maximum atomic E-state index is 12.1. The van der Waals surface area contributed by atoms with E-state index in [4.69, 9.17) is 10.5 Å². The SMILES string of the molecule is CC(C)NC(=O)CSc1ccccc1C(=O)O[C@H](C)C(N)=O. The molecule has 1 atom stereocenters. The Kier molecular flexibility index (Phi) is 6.91. The summed E-state index contributed by atoms with van der Waals surface area (Å²) in [5.74, 6) is -1.28. The average Bonchev–Trinajstić information content (AvgIpc) is 2.44. The van der Waals surface area contributed by atoms with E-state index in [0.29, 0.717) is 10.5 Å². The van der Waals surface area contributed by atoms with Crippen LogP contribution in [0.3, 0.4) is 0 Å². The molecule has 6 nitrogen and oxygen atoms in total. The minimum atomic E-state index is -1.00. The van der Waals surface area contributed by atoms with Crippen molar-refractivity contribution in [3.05, 3.63) is 29.8 Å². The van der Waals surface area contributed by atoms with Crippen molar-refractivity contribution in [1.29, 1.82) is 0 Å². The zero-order valence-electron chi connectivity index (χ0n) is 12.8. The number of nitrogens with two attached hydrogens (primary N) is 1. The minimum Gasteiger partial charge on any atom is -0.449 e. The van der Waals surface area contributed by atoms with E-state index in [0.717, 1.165) is 0 Å². The van der Waals surface area contributed by atoms with Gasteiger partial charge in [0.15, 0.2) is 6.10 Å². The van der Waals surface area contributed by atoms with Crippen LogP contribution in [0, 0.1) is 0 Å². The summed E-state index contributed by atoms with van der Waals surface area (Å²) in [6.07, 6.45) is -1.00. The van der Waals surface area contributed by atoms with Crippen LogP contribution >= 0.6 is 11.8 Å². The van der Waals surface area contributed by atoms with Crippen LogP contribution in [-0.2, 0) is 14.3 Å². The Morgan fingerprint density at radius 3 is 2.45 bits per heavy atom. The van der Waals surface area contributed by atoms with Crippen molar-refractivity contribution in [1.82, 2.24) is 5.32 Å². The Balaban J connectivity index is 2.75. The topological polar surface area (TPSA) is 98.5 Å². The zero-order chi connectivity index (χ0) is 16.7. The van der Waals surface area contributed by atoms with E-state index >= 15 is 0 Å². The van der Waals surface area contributed by atoms with Gasteiger partial charge < -0.3 is 15.8 Å². The molecule has 0 saturated carbocycles. The lowest BCUT2D eigenvalue weighted by molar-refractivity contribution is -0.125. The van der Waals surface area contributed by atoms with Crippen LogP contribution in [0.2, 0.25) is 0 Å². The van der Waals surface area contributed by atoms with Gasteiger partial charge in [-0.25, -0.2) is 4.79 Å². The Labute approximate surface area is 133 Å². The first-order valence-corrected chi connectivity index (χ1v) is 7.81. The summed E-state index contributed by atoms with van der Waals surface area (Å²) in [6.45, 7) is 5.16. The predicted octanol–water partition coefficient (Wildman–Crippen LogP) is 1.33. The normalized spacial score (nSPS) is 11.8. The maximum absolute atomic E-state index is 12.1. The van der Waals surface area contributed by atoms with Gasteiger partial charge in [-0.15, -0.1) is 11.8 Å². The van der Waals surface area contributed by atoms with Crippen LogP contribution < -0.4 is 11.1 Å². The number of benzene rings is 1. The fourth-order valence-corrected chi connectivity index (χ4v) is 2.40. The monoisotopic (exact) mass is 324 g/mol. The van der Waals surface area contributed by atoms with Gasteiger partial charge in [-0.3, -0.25) is 9.59 Å². The number of amides is 2. The molecule has 0 spiro atoms. The van der Waals surface area contributed by atoms with Gasteiger partial charge in [0, 0.05) is 10.9 Å². The van der Waals surface area contributed by atoms with Crippen molar-refractivity contribution in [2.24, 2.45) is 5.73 Å². The summed E-state index contributed by atoms with van der Waals surface area (Å²) in [4.78, 5) is 35.3. The van der Waals surface area contributed by atoms with Gasteiger partial charge in [0.25, 0.3) is 5.91 Å². The molecule has 120 valence electrons. The summed E-state index contributed by atoms with van der Waals surface area (Å²) in [5, 5.41) is 2.77. The van der Waals surface area contributed by atoms with Crippen LogP contribution in [0.25, 0.3) is 0 Å². The molecule has 0 aliphatic rings. The Morgan fingerprint density at radius 1 is 1.23 bits per heavy atom. The standard InChI is InChI=1S/C15H20N2O4S/c1-9(2)17-13(18)8-22-12-7-5-4-6-11(12)15(20)21-10(3)14(16)19/h4-7,9-10H,8H2,1-3H3,(H2,16,19)(H,17,18)/t10-/m1/s1. The average molecular weight is 324 g/mol. The van der Waals surface area contributed by atoms with Crippen LogP contribution in [0.1, 0.15) is 31.1 Å². The number of primary amides is 1. The molecule has 22 heavy (non-hydrogen) atoms. The minimum absolute atomic E-state index is 0.0599. The van der Waals surface area contributed by atoms with E-state index in [9.17, 15) is 14.4 Å². The van der Waals surface area contributed by atoms with Gasteiger partial charge in [0.1, 0.15) is 0 Å². The summed E-state index contributed by atoms with van der Waals surface area (Å²) in [5.41, 5.74) is 5.37. The van der Waals surface area contributed by atoms with Gasteiger partial charge in [-0.1, -0.05) is 12.1 Å². The molecular formula is C15H20N2O4S. The summed E-state index contributed by atoms with van der Waals surface area (Å²) >= 11 is 1.23. The molecule has 3 N–H and O–H groups in total. The number of thioether (sulfide) groups is 1. The fraction of sp³-hybridized carbons (Fsp3) is 0.400. The highest BCUT2D eigenvalue weighted by molar-refractivity contribution is 8.00. The van der Waals surface area contributed by atoms with Gasteiger partial charge in [0.05, 0.1) is 11.3 Å². The second-order valence-electron chi connectivity index (χ2n) is 4.96. The highest BCUT2D eigenvalue weighted by Crippen LogP contribution is 2.23. The first-order valence-electron chi connectivity index (χ1n) is 6.82. The molecular weight excluding hydrogens is 304 g/mol. The summed E-state index contributed by atoms with van der Waals surface area (Å²) in [7, 11) is 0. The van der Waals surface area contributed by atoms with Gasteiger partial charge in [0.2, 0.25) is 5.91 Å². The molecule has 0 saturated heterocycles. The zero-order valence-corrected chi connectivity index (χ0v) is 13.6. The smallest absolute Gasteiger partial charge is 0.340 e. The first kappa shape index (κ1) is 18.0. The van der Waals surface area contributed by atoms with Crippen LogP contribution in [0.15, 0.2) is 29.2 Å². The number of ether oxygens (including phenoxy) is 1. The number of carbonyl (C=O) groups excluding carboxylic acids is 3. The van der Waals surface area contributed by atoms with Gasteiger partial charge in [-0.05, 0) is 32.9 Å². The molecule has 0 radical (unpaired) electrons. The maximum Gasteiger partial charge on any atom is 0.340 e. The molecule has 1 rings (SSSR count). The molecule has 0 aliphatic heterocycles. The van der Waals surface area contributed by atoms with Crippen molar-refractivity contribution in [2.45, 2.75) is 37.8 Å². The van der Waals surface area contributed by atoms with E-state index < -0.39 is 18.0 Å². The van der Waals surface area contributed by atoms with E-state index in [-0.39, 0.29) is 17.7 Å². The largest absolute Gasteiger partial charge is 0.449 e. The van der Waals surface area contributed by atoms with Crippen LogP contribution in [0.5, 0.6) is 0 Å². The number of hydrogen-bond donors (Lipinski definition) is 2. The fourth-order valence-electron chi connectivity index (χ4n) is 1.55. The van der Waals surface area contributed by atoms with Gasteiger partial charge >= 0.3 is 5.97 Å². The molecule has 0 aromatic heterocycles. The molecule has 0 bridgehead atoms. The van der Waals surface area contributed by atoms with E-state index in [1.165, 1.54) is 18.7 Å². The highest BCUT2D eigenvalue weighted by atomic mass is 32.2. The van der Waals surface area contributed by atoms with E-state index in [2.05, 4.69) is 5.32 Å². The lowest BCUT2D eigenvalue weighted by Gasteiger charge is -2.12. The van der Waals surface area contributed by atoms with Crippen LogP contribution in [-0.4, -0.2) is 35.7 Å². The van der Waals surface area contributed by atoms with Crippen molar-refractivity contribution in [2.75, 3.05) is 5.75 Å². The number of hydrogen-bond acceptors (Lipinski definition) is 5. The predicted molar refractivity (Wildman–Crippen MR) is 84.5 cm³/mol. The third kappa shape index (κ3) is 5.77.